The quantitative estimate of drug-likeness (QED) is 0.0964. The average molecular weight is 563 g/mol. The number of carbonyl (C=O) groups is 2. The number of aliphatic carboxylic acids is 1. The largest absolute Gasteiger partial charge is 0.478 e. The van der Waals surface area contributed by atoms with Gasteiger partial charge < -0.3 is 54.3 Å². The van der Waals surface area contributed by atoms with Crippen molar-refractivity contribution in [3.8, 4) is 0 Å². The van der Waals surface area contributed by atoms with Crippen LogP contribution in [-0.4, -0.2) is 117 Å². The first kappa shape index (κ1) is 33.3. The number of hydrogen-bond donors (Lipinski definition) is 6. The predicted octanol–water partition coefficient (Wildman–Crippen LogP) is -0.381. The Kier molecular flexibility index (Phi) is 12.5. The minimum Gasteiger partial charge on any atom is -0.478 e. The zero-order valence-electron chi connectivity index (χ0n) is 22.7. The summed E-state index contributed by atoms with van der Waals surface area (Å²) in [5.41, 5.74) is -0.913. The molecule has 0 bridgehead atoms. The molecule has 0 aliphatic carbocycles. The van der Waals surface area contributed by atoms with Gasteiger partial charge in [-0.2, -0.15) is 0 Å². The molecule has 2 fully saturated rings. The number of allylic oxidation sites excluding steroid dienone is 1. The molecule has 0 saturated carbocycles. The van der Waals surface area contributed by atoms with Crippen molar-refractivity contribution >= 4 is 11.9 Å². The van der Waals surface area contributed by atoms with Gasteiger partial charge in [0.2, 0.25) is 0 Å². The molecule has 0 radical (unpaired) electrons. The van der Waals surface area contributed by atoms with Crippen LogP contribution >= 0.6 is 0 Å². The Balaban J connectivity index is 2.25. The zero-order valence-corrected chi connectivity index (χ0v) is 22.7. The van der Waals surface area contributed by atoms with Crippen molar-refractivity contribution in [2.45, 2.75) is 108 Å². The first-order valence-corrected chi connectivity index (χ1v) is 13.0. The number of ether oxygens (including phenoxy) is 5. The van der Waals surface area contributed by atoms with Gasteiger partial charge in [0.15, 0.2) is 18.7 Å². The van der Waals surface area contributed by atoms with Crippen molar-refractivity contribution < 1.29 is 63.9 Å². The molecule has 2 aliphatic rings. The summed E-state index contributed by atoms with van der Waals surface area (Å²) in [6.45, 7) is 9.41. The molecule has 0 amide bonds. The predicted molar refractivity (Wildman–Crippen MR) is 134 cm³/mol. The Morgan fingerprint density at radius 1 is 1.13 bits per heavy atom. The van der Waals surface area contributed by atoms with Crippen LogP contribution in [0.2, 0.25) is 0 Å². The summed E-state index contributed by atoms with van der Waals surface area (Å²) in [6, 6.07) is 0. The smallest absolute Gasteiger partial charge is 0.330 e. The van der Waals surface area contributed by atoms with Crippen LogP contribution in [-0.2, 0) is 33.3 Å². The van der Waals surface area contributed by atoms with Crippen molar-refractivity contribution in [3.63, 3.8) is 0 Å². The third-order valence-corrected chi connectivity index (χ3v) is 7.07. The second-order valence-electron chi connectivity index (χ2n) is 10.1. The minimum absolute atomic E-state index is 0.161. The summed E-state index contributed by atoms with van der Waals surface area (Å²) >= 11 is 0. The minimum atomic E-state index is -1.76. The fourth-order valence-electron chi connectivity index (χ4n) is 4.03. The van der Waals surface area contributed by atoms with Crippen LogP contribution in [0.25, 0.3) is 0 Å². The van der Waals surface area contributed by atoms with E-state index in [1.807, 2.05) is 0 Å². The average Bonchev–Trinajstić information content (AvgIpc) is 2.91. The lowest BCUT2D eigenvalue weighted by atomic mass is 9.97. The maximum atomic E-state index is 12.5. The van der Waals surface area contributed by atoms with E-state index in [0.29, 0.717) is 19.3 Å². The second-order valence-corrected chi connectivity index (χ2v) is 10.1. The van der Waals surface area contributed by atoms with E-state index in [1.54, 1.807) is 20.8 Å². The summed E-state index contributed by atoms with van der Waals surface area (Å²) in [5.74, 6) is -2.08. The number of rotatable bonds is 13. The van der Waals surface area contributed by atoms with E-state index in [9.17, 15) is 35.1 Å². The summed E-state index contributed by atoms with van der Waals surface area (Å²) in [4.78, 5) is 23.6. The molecule has 11 atom stereocenters. The summed E-state index contributed by atoms with van der Waals surface area (Å²) in [5, 5.41) is 60.4. The van der Waals surface area contributed by atoms with Gasteiger partial charge in [0.1, 0.15) is 36.6 Å². The molecule has 2 saturated heterocycles. The lowest BCUT2D eigenvalue weighted by Gasteiger charge is -2.45. The Hall–Kier alpha value is -1.94. The molecule has 0 aromatic heterocycles. The number of carbonyl (C=O) groups excluding carboxylic acids is 1. The molecule has 0 spiro atoms. The van der Waals surface area contributed by atoms with Gasteiger partial charge in [-0.1, -0.05) is 26.0 Å². The fourth-order valence-corrected chi connectivity index (χ4v) is 4.03. The number of hydrogen-bond acceptors (Lipinski definition) is 12. The normalized spacial score (nSPS) is 36.0. The summed E-state index contributed by atoms with van der Waals surface area (Å²) < 4.78 is 28.5. The van der Waals surface area contributed by atoms with Gasteiger partial charge in [0.25, 0.3) is 0 Å². The molecular weight excluding hydrogens is 520 g/mol. The molecule has 11 unspecified atom stereocenters. The van der Waals surface area contributed by atoms with Gasteiger partial charge >= 0.3 is 11.9 Å². The number of esters is 1. The lowest BCUT2D eigenvalue weighted by Crippen LogP contribution is -2.63. The fraction of sp³-hybridized carbons (Fsp3) is 0.769. The van der Waals surface area contributed by atoms with Gasteiger partial charge in [-0.05, 0) is 33.1 Å². The third-order valence-electron chi connectivity index (χ3n) is 7.07. The molecule has 2 heterocycles. The molecule has 13 nitrogen and oxygen atoms in total. The van der Waals surface area contributed by atoms with Crippen molar-refractivity contribution in [1.29, 1.82) is 0 Å². The number of aliphatic hydroxyl groups excluding tert-OH is 5. The van der Waals surface area contributed by atoms with Crippen molar-refractivity contribution in [2.24, 2.45) is 5.92 Å². The summed E-state index contributed by atoms with van der Waals surface area (Å²) in [7, 11) is 0. The van der Waals surface area contributed by atoms with Crippen LogP contribution in [0.3, 0.4) is 0 Å². The molecule has 2 aliphatic heterocycles. The SMILES string of the molecule is C=CC(C)(CCC=C(C)C(=O)O)OC1OCC(OC(=O)C(C)CC)C(OC2OC(CO)C(O)C(O)C2O)C1O. The lowest BCUT2D eigenvalue weighted by molar-refractivity contribution is -0.354. The number of carboxylic acid groups (broad SMARTS) is 1. The first-order chi connectivity index (χ1) is 18.3. The van der Waals surface area contributed by atoms with Gasteiger partial charge in [-0.15, -0.1) is 6.58 Å². The third kappa shape index (κ3) is 8.52. The highest BCUT2D eigenvalue weighted by Crippen LogP contribution is 2.32. The van der Waals surface area contributed by atoms with Crippen LogP contribution in [0.4, 0.5) is 0 Å². The Labute approximate surface area is 227 Å². The van der Waals surface area contributed by atoms with Gasteiger partial charge in [0, 0.05) is 5.57 Å². The van der Waals surface area contributed by atoms with Gasteiger partial charge in [-0.25, -0.2) is 4.79 Å². The van der Waals surface area contributed by atoms with E-state index in [4.69, 9.17) is 28.8 Å². The zero-order chi connectivity index (χ0) is 29.5. The Morgan fingerprint density at radius 2 is 1.79 bits per heavy atom. The summed E-state index contributed by atoms with van der Waals surface area (Å²) in [6.07, 6.45) is -9.32. The molecule has 13 heteroatoms. The van der Waals surface area contributed by atoms with Gasteiger partial charge in [0.05, 0.1) is 24.7 Å². The highest BCUT2D eigenvalue weighted by Gasteiger charge is 2.50. The topological polar surface area (TPSA) is 202 Å². The molecule has 6 N–H and O–H groups in total. The highest BCUT2D eigenvalue weighted by molar-refractivity contribution is 5.85. The van der Waals surface area contributed by atoms with Crippen LogP contribution < -0.4 is 0 Å². The van der Waals surface area contributed by atoms with Crippen LogP contribution in [0.1, 0.15) is 47.0 Å². The van der Waals surface area contributed by atoms with Gasteiger partial charge in [-0.3, -0.25) is 4.79 Å². The maximum absolute atomic E-state index is 12.5. The molecule has 39 heavy (non-hydrogen) atoms. The Bertz CT molecular complexity index is 861. The van der Waals surface area contributed by atoms with E-state index in [0.717, 1.165) is 0 Å². The van der Waals surface area contributed by atoms with E-state index >= 15 is 0 Å². The van der Waals surface area contributed by atoms with E-state index < -0.39 is 85.4 Å². The van der Waals surface area contributed by atoms with Crippen LogP contribution in [0.15, 0.2) is 24.3 Å². The van der Waals surface area contributed by atoms with Crippen molar-refractivity contribution in [3.05, 3.63) is 24.3 Å². The van der Waals surface area contributed by atoms with E-state index in [-0.39, 0.29) is 12.2 Å². The molecule has 0 aromatic rings. The maximum Gasteiger partial charge on any atom is 0.330 e. The molecule has 0 aromatic carbocycles. The van der Waals surface area contributed by atoms with Crippen LogP contribution in [0.5, 0.6) is 0 Å². The molecule has 2 rings (SSSR count). The van der Waals surface area contributed by atoms with Crippen molar-refractivity contribution in [1.82, 2.24) is 0 Å². The standard InChI is InChI=1S/C26H42O13/c1-6-13(3)23(34)36-16-12-35-24(39-26(5,7-2)10-8-9-14(4)22(32)33)20(31)21(16)38-25-19(30)18(29)17(28)15(11-27)37-25/h7,9,13,15-21,24-25,27-31H,2,6,8,10-12H2,1,3-5H3,(H,32,33). The molecule has 224 valence electrons. The van der Waals surface area contributed by atoms with E-state index in [1.165, 1.54) is 19.1 Å². The first-order valence-electron chi connectivity index (χ1n) is 13.0. The number of carboxylic acids is 1. The van der Waals surface area contributed by atoms with Crippen LogP contribution in [0, 0.1) is 5.92 Å². The van der Waals surface area contributed by atoms with Crippen molar-refractivity contribution in [2.75, 3.05) is 13.2 Å². The molecular formula is C26H42O13. The van der Waals surface area contributed by atoms with E-state index in [2.05, 4.69) is 6.58 Å². The number of aliphatic hydroxyl groups is 5. The monoisotopic (exact) mass is 562 g/mol. The second kappa shape index (κ2) is 14.6. The highest BCUT2D eigenvalue weighted by atomic mass is 16.7. The Morgan fingerprint density at radius 3 is 2.36 bits per heavy atom.